The van der Waals surface area contributed by atoms with E-state index in [0.29, 0.717) is 13.1 Å². The van der Waals surface area contributed by atoms with Crippen molar-refractivity contribution in [3.8, 4) is 0 Å². The van der Waals surface area contributed by atoms with Gasteiger partial charge in [-0.15, -0.1) is 0 Å². The number of nitrogens with zero attached hydrogens (tertiary/aromatic N) is 3. The van der Waals surface area contributed by atoms with Crippen LogP contribution in [0.15, 0.2) is 9.98 Å². The maximum absolute atomic E-state index is 12.8. The van der Waals surface area contributed by atoms with Gasteiger partial charge in [-0.05, 0) is 26.7 Å². The van der Waals surface area contributed by atoms with Crippen LogP contribution in [0.1, 0.15) is 26.7 Å². The average molecular weight is 341 g/mol. The van der Waals surface area contributed by atoms with E-state index in [1.165, 1.54) is 13.5 Å². The molecule has 4 atom stereocenters. The van der Waals surface area contributed by atoms with Gasteiger partial charge < -0.3 is 26.2 Å². The molecule has 0 radical (unpaired) electrons. The number of carboxylic acid groups (broad SMARTS) is 1. The molecule has 9 nitrogen and oxygen atoms in total. The minimum Gasteiger partial charge on any atom is -0.487 e. The number of nitrogens with two attached hydrogens (primary N) is 2. The molecule has 0 aromatic carbocycles. The van der Waals surface area contributed by atoms with Crippen LogP contribution in [0.5, 0.6) is 0 Å². The highest BCUT2D eigenvalue weighted by Crippen LogP contribution is 2.37. The highest BCUT2D eigenvalue weighted by Gasteiger charge is 2.45. The smallest absolute Gasteiger partial charge is 0.306 e. The second-order valence-corrected chi connectivity index (χ2v) is 5.74. The van der Waals surface area contributed by atoms with Gasteiger partial charge in [0.15, 0.2) is 12.4 Å². The molecule has 0 spiro atoms. The van der Waals surface area contributed by atoms with Crippen molar-refractivity contribution in [2.45, 2.75) is 38.8 Å². The Morgan fingerprint density at radius 1 is 1.33 bits per heavy atom. The fraction of sp³-hybridized carbons (Fsp3) is 0.733. The summed E-state index contributed by atoms with van der Waals surface area (Å²) in [7, 11) is 1.44. The number of methoxy groups -OCH3 is 1. The second kappa shape index (κ2) is 9.09. The number of guanidine groups is 1. The van der Waals surface area contributed by atoms with Crippen LogP contribution < -0.4 is 11.5 Å². The molecule has 24 heavy (non-hydrogen) atoms. The first-order valence-corrected chi connectivity index (χ1v) is 8.00. The molecule has 0 heterocycles. The highest BCUT2D eigenvalue weighted by atomic mass is 16.5. The molecule has 1 amide bonds. The quantitative estimate of drug-likeness (QED) is 0.407. The number of aliphatic carboxylic acids is 1. The molecule has 0 bridgehead atoms. The molecule has 5 N–H and O–H groups in total. The van der Waals surface area contributed by atoms with Crippen LogP contribution in [0.25, 0.3) is 0 Å². The number of hydrogen-bond donors (Lipinski definition) is 3. The summed E-state index contributed by atoms with van der Waals surface area (Å²) in [6, 6.07) is -1.24. The average Bonchev–Trinajstić information content (AvgIpc) is 2.92. The summed E-state index contributed by atoms with van der Waals surface area (Å²) in [5.41, 5.74) is 10.9. The van der Waals surface area contributed by atoms with Crippen LogP contribution in [-0.2, 0) is 14.3 Å². The van der Waals surface area contributed by atoms with Crippen LogP contribution in [0, 0.1) is 11.8 Å². The van der Waals surface area contributed by atoms with Gasteiger partial charge in [0.2, 0.25) is 5.91 Å². The van der Waals surface area contributed by atoms with Crippen molar-refractivity contribution < 1.29 is 19.4 Å². The number of hydrogen-bond acceptors (Lipinski definition) is 5. The zero-order valence-corrected chi connectivity index (χ0v) is 14.4. The lowest BCUT2D eigenvalue weighted by Gasteiger charge is -2.28. The van der Waals surface area contributed by atoms with E-state index >= 15 is 0 Å². The lowest BCUT2D eigenvalue weighted by atomic mass is 9.93. The fourth-order valence-corrected chi connectivity index (χ4v) is 3.14. The van der Waals surface area contributed by atoms with Gasteiger partial charge in [-0.1, -0.05) is 0 Å². The molecular formula is C15H27N5O4. The van der Waals surface area contributed by atoms with E-state index in [-0.39, 0.29) is 24.7 Å². The maximum Gasteiger partial charge on any atom is 0.306 e. The van der Waals surface area contributed by atoms with Gasteiger partial charge in [0.1, 0.15) is 6.04 Å². The van der Waals surface area contributed by atoms with Crippen LogP contribution in [-0.4, -0.2) is 66.5 Å². The monoisotopic (exact) mass is 341 g/mol. The number of amides is 1. The first kappa shape index (κ1) is 19.7. The summed E-state index contributed by atoms with van der Waals surface area (Å²) in [5.74, 6) is -2.22. The van der Waals surface area contributed by atoms with Gasteiger partial charge in [0.05, 0.1) is 19.1 Å². The van der Waals surface area contributed by atoms with Crippen molar-refractivity contribution in [1.29, 1.82) is 0 Å². The molecule has 1 fully saturated rings. The Bertz CT molecular complexity index is 500. The number of carboxylic acids is 1. The SMILES string of the molecule is CCN(CC)C(=O)C(N=COC)C1CC(C(=O)O)CC1N=C(N)N. The lowest BCUT2D eigenvalue weighted by molar-refractivity contribution is -0.142. The molecule has 1 saturated carbocycles. The molecule has 0 aliphatic heterocycles. The first-order chi connectivity index (χ1) is 11.3. The Morgan fingerprint density at radius 3 is 2.42 bits per heavy atom. The van der Waals surface area contributed by atoms with Gasteiger partial charge >= 0.3 is 5.97 Å². The Hall–Kier alpha value is -2.32. The summed E-state index contributed by atoms with van der Waals surface area (Å²) in [5, 5.41) is 9.31. The van der Waals surface area contributed by atoms with E-state index < -0.39 is 29.9 Å². The Labute approximate surface area is 141 Å². The van der Waals surface area contributed by atoms with Crippen molar-refractivity contribution in [3.05, 3.63) is 0 Å². The summed E-state index contributed by atoms with van der Waals surface area (Å²) >= 11 is 0. The summed E-state index contributed by atoms with van der Waals surface area (Å²) in [6.45, 7) is 4.83. The van der Waals surface area contributed by atoms with Gasteiger partial charge in [-0.25, -0.2) is 9.98 Å². The first-order valence-electron chi connectivity index (χ1n) is 8.00. The summed E-state index contributed by atoms with van der Waals surface area (Å²) in [6.07, 6.45) is 1.77. The molecular weight excluding hydrogens is 314 g/mol. The molecule has 0 aromatic rings. The van der Waals surface area contributed by atoms with Gasteiger partial charge in [0, 0.05) is 19.0 Å². The number of carbonyl (C=O) groups is 2. The van der Waals surface area contributed by atoms with E-state index in [1.807, 2.05) is 13.8 Å². The van der Waals surface area contributed by atoms with E-state index in [2.05, 4.69) is 9.98 Å². The zero-order chi connectivity index (χ0) is 18.3. The van der Waals surface area contributed by atoms with Crippen LogP contribution in [0.3, 0.4) is 0 Å². The topological polar surface area (TPSA) is 144 Å². The number of ether oxygens (including phenoxy) is 1. The zero-order valence-electron chi connectivity index (χ0n) is 14.4. The van der Waals surface area contributed by atoms with Gasteiger partial charge in [0.25, 0.3) is 0 Å². The van der Waals surface area contributed by atoms with Crippen molar-refractivity contribution in [2.75, 3.05) is 20.2 Å². The molecule has 1 aliphatic carbocycles. The minimum atomic E-state index is -0.918. The normalized spacial score (nSPS) is 24.5. The van der Waals surface area contributed by atoms with Crippen LogP contribution >= 0.6 is 0 Å². The summed E-state index contributed by atoms with van der Waals surface area (Å²) in [4.78, 5) is 34.2. The lowest BCUT2D eigenvalue weighted by Crippen LogP contribution is -2.44. The highest BCUT2D eigenvalue weighted by molar-refractivity contribution is 5.84. The number of likely N-dealkylation sites (N-methyl/N-ethyl adjacent to an activating group) is 1. The fourth-order valence-electron chi connectivity index (χ4n) is 3.14. The molecule has 0 saturated heterocycles. The largest absolute Gasteiger partial charge is 0.487 e. The molecule has 4 unspecified atom stereocenters. The number of aliphatic imine (C=N–C) groups is 2. The number of rotatable bonds is 8. The van der Waals surface area contributed by atoms with Crippen LogP contribution in [0.2, 0.25) is 0 Å². The molecule has 0 aromatic heterocycles. The van der Waals surface area contributed by atoms with Crippen molar-refractivity contribution in [2.24, 2.45) is 33.3 Å². The third-order valence-electron chi connectivity index (χ3n) is 4.30. The Balaban J connectivity index is 3.16. The predicted octanol–water partition coefficient (Wildman–Crippen LogP) is -0.349. The maximum atomic E-state index is 12.8. The van der Waals surface area contributed by atoms with Crippen molar-refractivity contribution >= 4 is 24.2 Å². The Kier molecular flexibility index (Phi) is 7.47. The van der Waals surface area contributed by atoms with Gasteiger partial charge in [-0.3, -0.25) is 9.59 Å². The van der Waals surface area contributed by atoms with E-state index in [9.17, 15) is 14.7 Å². The van der Waals surface area contributed by atoms with Crippen LogP contribution in [0.4, 0.5) is 0 Å². The number of carbonyl (C=O) groups excluding carboxylic acids is 1. The Morgan fingerprint density at radius 2 is 1.96 bits per heavy atom. The third-order valence-corrected chi connectivity index (χ3v) is 4.30. The van der Waals surface area contributed by atoms with E-state index in [0.717, 1.165) is 0 Å². The summed E-state index contributed by atoms with van der Waals surface area (Å²) < 4.78 is 4.86. The van der Waals surface area contributed by atoms with E-state index in [1.54, 1.807) is 4.90 Å². The molecule has 1 rings (SSSR count). The molecule has 136 valence electrons. The second-order valence-electron chi connectivity index (χ2n) is 5.74. The minimum absolute atomic E-state index is 0.124. The van der Waals surface area contributed by atoms with Gasteiger partial charge in [-0.2, -0.15) is 0 Å². The predicted molar refractivity (Wildman–Crippen MR) is 90.7 cm³/mol. The van der Waals surface area contributed by atoms with Crippen molar-refractivity contribution in [1.82, 2.24) is 4.90 Å². The van der Waals surface area contributed by atoms with E-state index in [4.69, 9.17) is 16.2 Å². The third kappa shape index (κ3) is 4.84. The standard InChI is InChI=1S/C15H27N5O4/c1-4-20(5-2)13(21)12(18-8-24-3)10-6-9(14(22)23)7-11(10)19-15(16)17/h8-12H,4-7H2,1-3H3,(H,22,23)(H4,16,17,19). The molecule has 9 heteroatoms. The van der Waals surface area contributed by atoms with Crippen molar-refractivity contribution in [3.63, 3.8) is 0 Å². The molecule has 1 aliphatic rings.